The van der Waals surface area contributed by atoms with Crippen molar-refractivity contribution in [1.82, 2.24) is 9.97 Å². The van der Waals surface area contributed by atoms with Gasteiger partial charge >= 0.3 is 0 Å². The fourth-order valence-corrected chi connectivity index (χ4v) is 1.44. The van der Waals surface area contributed by atoms with Crippen molar-refractivity contribution in [1.29, 1.82) is 0 Å². The molecule has 0 saturated carbocycles. The van der Waals surface area contributed by atoms with E-state index in [-0.39, 0.29) is 0 Å². The summed E-state index contributed by atoms with van der Waals surface area (Å²) < 4.78 is 15.6. The Morgan fingerprint density at radius 2 is 1.83 bits per heavy atom. The van der Waals surface area contributed by atoms with E-state index in [2.05, 4.69) is 15.3 Å². The Kier molecular flexibility index (Phi) is 3.66. The highest BCUT2D eigenvalue weighted by Gasteiger charge is 2.06. The van der Waals surface area contributed by atoms with Crippen LogP contribution < -0.4 is 14.8 Å². The molecule has 0 fully saturated rings. The fourth-order valence-electron chi connectivity index (χ4n) is 1.44. The number of hydrogen-bond acceptors (Lipinski definition) is 6. The van der Waals surface area contributed by atoms with Crippen LogP contribution in [-0.2, 0) is 6.54 Å². The molecule has 0 spiro atoms. The lowest BCUT2D eigenvalue weighted by Gasteiger charge is -2.07. The third kappa shape index (κ3) is 2.91. The number of aromatic nitrogens is 2. The highest BCUT2D eigenvalue weighted by atomic mass is 16.5. The van der Waals surface area contributed by atoms with E-state index < -0.39 is 0 Å². The van der Waals surface area contributed by atoms with E-state index in [1.165, 1.54) is 0 Å². The maximum atomic E-state index is 5.44. The van der Waals surface area contributed by atoms with Crippen molar-refractivity contribution in [3.05, 3.63) is 29.7 Å². The molecule has 0 atom stereocenters. The van der Waals surface area contributed by atoms with Crippen LogP contribution in [0, 0.1) is 6.92 Å². The van der Waals surface area contributed by atoms with Crippen molar-refractivity contribution in [2.75, 3.05) is 19.5 Å². The lowest BCUT2D eigenvalue weighted by atomic mass is 10.4. The van der Waals surface area contributed by atoms with Gasteiger partial charge in [-0.1, -0.05) is 0 Å². The van der Waals surface area contributed by atoms with Gasteiger partial charge in [0.25, 0.3) is 0 Å². The lowest BCUT2D eigenvalue weighted by Crippen LogP contribution is -2.05. The van der Waals surface area contributed by atoms with Gasteiger partial charge in [0.05, 0.1) is 26.8 Å². The van der Waals surface area contributed by atoms with Crippen molar-refractivity contribution in [3.8, 4) is 11.8 Å². The van der Waals surface area contributed by atoms with Crippen molar-refractivity contribution in [2.45, 2.75) is 13.5 Å². The standard InChI is InChI=1S/C12H15N3O3/c1-8-4-5-9(18-8)7-13-12-14-10(16-2)6-11(15-12)17-3/h4-6H,7H2,1-3H3,(H,13,14,15). The minimum absolute atomic E-state index is 0.431. The molecule has 0 aliphatic carbocycles. The van der Waals surface area contributed by atoms with E-state index in [0.29, 0.717) is 24.3 Å². The summed E-state index contributed by atoms with van der Waals surface area (Å²) in [6.45, 7) is 2.40. The smallest absolute Gasteiger partial charge is 0.229 e. The van der Waals surface area contributed by atoms with Gasteiger partial charge in [-0.2, -0.15) is 9.97 Å². The van der Waals surface area contributed by atoms with E-state index in [4.69, 9.17) is 13.9 Å². The number of aryl methyl sites for hydroxylation is 1. The van der Waals surface area contributed by atoms with Gasteiger partial charge in [-0.3, -0.25) is 0 Å². The summed E-state index contributed by atoms with van der Waals surface area (Å²) >= 11 is 0. The monoisotopic (exact) mass is 249 g/mol. The predicted octanol–water partition coefficient (Wildman–Crippen LogP) is 2.01. The Bertz CT molecular complexity index is 503. The molecule has 0 unspecified atom stereocenters. The van der Waals surface area contributed by atoms with Gasteiger partial charge in [0.2, 0.25) is 17.7 Å². The third-order valence-electron chi connectivity index (χ3n) is 2.31. The van der Waals surface area contributed by atoms with E-state index in [0.717, 1.165) is 11.5 Å². The molecular formula is C12H15N3O3. The molecule has 2 aromatic rings. The molecule has 0 bridgehead atoms. The molecule has 2 aromatic heterocycles. The first-order valence-electron chi connectivity index (χ1n) is 5.47. The third-order valence-corrected chi connectivity index (χ3v) is 2.31. The van der Waals surface area contributed by atoms with Crippen LogP contribution in [0.25, 0.3) is 0 Å². The van der Waals surface area contributed by atoms with Gasteiger partial charge in [0.15, 0.2) is 0 Å². The van der Waals surface area contributed by atoms with Crippen LogP contribution in [0.4, 0.5) is 5.95 Å². The number of furan rings is 1. The molecule has 6 heteroatoms. The second-order valence-electron chi connectivity index (χ2n) is 3.64. The van der Waals surface area contributed by atoms with Crippen LogP contribution in [0.3, 0.4) is 0 Å². The fraction of sp³-hybridized carbons (Fsp3) is 0.333. The summed E-state index contributed by atoms with van der Waals surface area (Å²) in [5.74, 6) is 3.01. The van der Waals surface area contributed by atoms with Crippen LogP contribution >= 0.6 is 0 Å². The second kappa shape index (κ2) is 5.39. The number of anilines is 1. The molecule has 2 heterocycles. The molecule has 2 rings (SSSR count). The highest BCUT2D eigenvalue weighted by molar-refractivity contribution is 5.34. The largest absolute Gasteiger partial charge is 0.481 e. The Labute approximate surface area is 105 Å². The number of nitrogens with zero attached hydrogens (tertiary/aromatic N) is 2. The van der Waals surface area contributed by atoms with Crippen molar-refractivity contribution < 1.29 is 13.9 Å². The summed E-state index contributed by atoms with van der Waals surface area (Å²) in [4.78, 5) is 8.31. The molecule has 96 valence electrons. The maximum absolute atomic E-state index is 5.44. The molecule has 0 amide bonds. The number of ether oxygens (including phenoxy) is 2. The van der Waals surface area contributed by atoms with Crippen LogP contribution in [0.5, 0.6) is 11.8 Å². The van der Waals surface area contributed by atoms with Gasteiger partial charge in [0.1, 0.15) is 11.5 Å². The first-order chi connectivity index (χ1) is 8.71. The SMILES string of the molecule is COc1cc(OC)nc(NCc2ccc(C)o2)n1. The Morgan fingerprint density at radius 1 is 1.17 bits per heavy atom. The molecule has 0 aliphatic heterocycles. The summed E-state index contributed by atoms with van der Waals surface area (Å²) in [5, 5.41) is 3.05. The zero-order valence-corrected chi connectivity index (χ0v) is 10.6. The average Bonchev–Trinajstić information content (AvgIpc) is 2.81. The summed E-state index contributed by atoms with van der Waals surface area (Å²) in [6, 6.07) is 5.42. The summed E-state index contributed by atoms with van der Waals surface area (Å²) in [6.07, 6.45) is 0. The normalized spacial score (nSPS) is 10.2. The maximum Gasteiger partial charge on any atom is 0.229 e. The first kappa shape index (κ1) is 12.2. The van der Waals surface area contributed by atoms with E-state index >= 15 is 0 Å². The molecule has 0 aliphatic rings. The first-order valence-corrected chi connectivity index (χ1v) is 5.47. The minimum atomic E-state index is 0.431. The van der Waals surface area contributed by atoms with Gasteiger partial charge in [0, 0.05) is 0 Å². The zero-order valence-electron chi connectivity index (χ0n) is 10.6. The molecule has 6 nitrogen and oxygen atoms in total. The van der Waals surface area contributed by atoms with E-state index in [1.54, 1.807) is 20.3 Å². The van der Waals surface area contributed by atoms with Crippen LogP contribution in [-0.4, -0.2) is 24.2 Å². The van der Waals surface area contributed by atoms with Gasteiger partial charge < -0.3 is 19.2 Å². The van der Waals surface area contributed by atoms with E-state index in [9.17, 15) is 0 Å². The van der Waals surface area contributed by atoms with Crippen molar-refractivity contribution in [2.24, 2.45) is 0 Å². The van der Waals surface area contributed by atoms with Crippen LogP contribution in [0.1, 0.15) is 11.5 Å². The van der Waals surface area contributed by atoms with Crippen molar-refractivity contribution >= 4 is 5.95 Å². The van der Waals surface area contributed by atoms with E-state index in [1.807, 2.05) is 19.1 Å². The molecule has 18 heavy (non-hydrogen) atoms. The van der Waals surface area contributed by atoms with Crippen molar-refractivity contribution in [3.63, 3.8) is 0 Å². The molecule has 0 saturated heterocycles. The summed E-state index contributed by atoms with van der Waals surface area (Å²) in [5.41, 5.74) is 0. The van der Waals surface area contributed by atoms with Gasteiger partial charge in [-0.25, -0.2) is 0 Å². The van der Waals surface area contributed by atoms with Gasteiger partial charge in [-0.15, -0.1) is 0 Å². The Balaban J connectivity index is 2.08. The molecule has 0 radical (unpaired) electrons. The zero-order chi connectivity index (χ0) is 13.0. The Hall–Kier alpha value is -2.24. The quantitative estimate of drug-likeness (QED) is 0.874. The molecular weight excluding hydrogens is 234 g/mol. The predicted molar refractivity (Wildman–Crippen MR) is 65.9 cm³/mol. The molecule has 0 aromatic carbocycles. The molecule has 1 N–H and O–H groups in total. The number of hydrogen-bond donors (Lipinski definition) is 1. The number of nitrogens with one attached hydrogen (secondary N) is 1. The summed E-state index contributed by atoms with van der Waals surface area (Å²) in [7, 11) is 3.09. The highest BCUT2D eigenvalue weighted by Crippen LogP contribution is 2.18. The number of methoxy groups -OCH3 is 2. The average molecular weight is 249 g/mol. The Morgan fingerprint density at radius 3 is 2.33 bits per heavy atom. The second-order valence-corrected chi connectivity index (χ2v) is 3.64. The number of rotatable bonds is 5. The lowest BCUT2D eigenvalue weighted by molar-refractivity contribution is 0.372. The topological polar surface area (TPSA) is 69.4 Å². The van der Waals surface area contributed by atoms with Gasteiger partial charge in [-0.05, 0) is 19.1 Å². The van der Waals surface area contributed by atoms with Crippen LogP contribution in [0.15, 0.2) is 22.6 Å². The van der Waals surface area contributed by atoms with Crippen LogP contribution in [0.2, 0.25) is 0 Å². The minimum Gasteiger partial charge on any atom is -0.481 e.